The van der Waals surface area contributed by atoms with Crippen LogP contribution in [0.4, 0.5) is 4.32 Å². The summed E-state index contributed by atoms with van der Waals surface area (Å²) in [5, 5.41) is 0. The summed E-state index contributed by atoms with van der Waals surface area (Å²) in [5.74, 6) is -2.78. The summed E-state index contributed by atoms with van der Waals surface area (Å²) in [5.41, 5.74) is 0. The van der Waals surface area contributed by atoms with Crippen molar-refractivity contribution in [1.29, 1.82) is 0 Å². The van der Waals surface area contributed by atoms with Crippen LogP contribution in [0.5, 0.6) is 0 Å². The number of halogens is 1. The van der Waals surface area contributed by atoms with Crippen LogP contribution in [0.15, 0.2) is 0 Å². The van der Waals surface area contributed by atoms with Crippen molar-refractivity contribution in [2.45, 2.75) is 6.92 Å². The molecule has 0 N–H and O–H groups in total. The van der Waals surface area contributed by atoms with E-state index in [9.17, 15) is 13.9 Å². The summed E-state index contributed by atoms with van der Waals surface area (Å²) in [4.78, 5) is 20.9. The molecular weight excluding hydrogens is 142 g/mol. The minimum atomic E-state index is -2.23. The number of rotatable bonds is 0. The fraction of sp³-hybridized carbons (Fsp3) is 0.500. The highest BCUT2D eigenvalue weighted by Gasteiger charge is 2.41. The second kappa shape index (κ2) is 2.28. The molecule has 0 unspecified atom stereocenters. The average Bonchev–Trinajstić information content (AvgIpc) is 1.82. The summed E-state index contributed by atoms with van der Waals surface area (Å²) in [6, 6.07) is 0. The summed E-state index contributed by atoms with van der Waals surface area (Å²) in [6.45, 7) is 1.29. The number of carbonyl (C=O) groups is 2. The molecule has 1 saturated heterocycles. The molecule has 0 aromatic heterocycles. The molecule has 0 amide bonds. The third-order valence-electron chi connectivity index (χ3n) is 1.12. The van der Waals surface area contributed by atoms with Gasteiger partial charge in [-0.25, -0.2) is 4.32 Å². The molecule has 0 aliphatic carbocycles. The highest BCUT2D eigenvalue weighted by molar-refractivity contribution is 6.43. The van der Waals surface area contributed by atoms with Crippen molar-refractivity contribution in [3.63, 3.8) is 0 Å². The molecule has 6 heteroatoms. The summed E-state index contributed by atoms with van der Waals surface area (Å²) in [7, 11) is -2.23. The van der Waals surface area contributed by atoms with Gasteiger partial charge < -0.3 is 9.31 Å². The van der Waals surface area contributed by atoms with Crippen molar-refractivity contribution in [1.82, 2.24) is 0 Å². The van der Waals surface area contributed by atoms with Crippen LogP contribution in [0.2, 0.25) is 0 Å². The lowest BCUT2D eigenvalue weighted by molar-refractivity contribution is -0.160. The molecular formula is C4H4BFO4. The van der Waals surface area contributed by atoms with Gasteiger partial charge in [-0.15, -0.1) is 0 Å². The third-order valence-corrected chi connectivity index (χ3v) is 1.12. The van der Waals surface area contributed by atoms with E-state index in [1.165, 1.54) is 6.92 Å². The maximum atomic E-state index is 12.0. The Hall–Kier alpha value is -1.07. The zero-order valence-electron chi connectivity index (χ0n) is 5.17. The van der Waals surface area contributed by atoms with Gasteiger partial charge in [0, 0.05) is 0 Å². The lowest BCUT2D eigenvalue weighted by Crippen LogP contribution is -2.39. The van der Waals surface area contributed by atoms with E-state index >= 15 is 0 Å². The van der Waals surface area contributed by atoms with Gasteiger partial charge in [-0.2, -0.15) is 0 Å². The van der Waals surface area contributed by atoms with Gasteiger partial charge >= 0.3 is 19.3 Å². The lowest BCUT2D eigenvalue weighted by Gasteiger charge is -2.16. The fourth-order valence-electron chi connectivity index (χ4n) is 0.507. The summed E-state index contributed by atoms with van der Waals surface area (Å²) < 4.78 is 19.8. The Morgan fingerprint density at radius 1 is 1.40 bits per heavy atom. The number of hydrogen-bond donors (Lipinski definition) is 0. The molecule has 10 heavy (non-hydrogen) atoms. The van der Waals surface area contributed by atoms with Crippen LogP contribution in [0.3, 0.4) is 0 Å². The quantitative estimate of drug-likeness (QED) is 0.347. The first-order valence-corrected chi connectivity index (χ1v) is 2.66. The Labute approximate surface area is 56.5 Å². The standard InChI is InChI=1S/C4H4BFO4/c1-2-3(7)9-5(6)10-4(2)8/h2H,1H3. The molecule has 1 aliphatic rings. The molecule has 0 radical (unpaired) electrons. The van der Waals surface area contributed by atoms with Crippen LogP contribution < -0.4 is 0 Å². The molecule has 0 bridgehead atoms. The maximum Gasteiger partial charge on any atom is 0.834 e. The fourth-order valence-corrected chi connectivity index (χ4v) is 0.507. The second-order valence-corrected chi connectivity index (χ2v) is 1.87. The Morgan fingerprint density at radius 3 is 2.20 bits per heavy atom. The molecule has 1 aliphatic heterocycles. The van der Waals surface area contributed by atoms with Gasteiger partial charge in [0.15, 0.2) is 0 Å². The van der Waals surface area contributed by atoms with Crippen LogP contribution in [0, 0.1) is 5.92 Å². The smallest absolute Gasteiger partial charge is 0.469 e. The number of carbonyl (C=O) groups excluding carboxylic acids is 2. The van der Waals surface area contributed by atoms with Crippen molar-refractivity contribution in [2.75, 3.05) is 0 Å². The Kier molecular flexibility index (Phi) is 1.61. The summed E-state index contributed by atoms with van der Waals surface area (Å²) >= 11 is 0. The first kappa shape index (κ1) is 7.05. The van der Waals surface area contributed by atoms with Crippen molar-refractivity contribution < 1.29 is 23.2 Å². The van der Waals surface area contributed by atoms with Crippen molar-refractivity contribution in [3.05, 3.63) is 0 Å². The third kappa shape index (κ3) is 1.10. The van der Waals surface area contributed by atoms with Crippen LogP contribution in [-0.4, -0.2) is 19.3 Å². The Bertz CT molecular complexity index is 164. The van der Waals surface area contributed by atoms with Crippen molar-refractivity contribution >= 4 is 19.3 Å². The Morgan fingerprint density at radius 2 is 1.80 bits per heavy atom. The largest absolute Gasteiger partial charge is 0.834 e. The van der Waals surface area contributed by atoms with Crippen LogP contribution in [0.25, 0.3) is 0 Å². The van der Waals surface area contributed by atoms with E-state index in [1.54, 1.807) is 0 Å². The van der Waals surface area contributed by atoms with Gasteiger partial charge in [-0.1, -0.05) is 0 Å². The zero-order valence-corrected chi connectivity index (χ0v) is 5.17. The maximum absolute atomic E-state index is 12.0. The van der Waals surface area contributed by atoms with E-state index in [0.29, 0.717) is 0 Å². The zero-order chi connectivity index (χ0) is 7.72. The molecule has 0 spiro atoms. The second-order valence-electron chi connectivity index (χ2n) is 1.87. The van der Waals surface area contributed by atoms with Gasteiger partial charge in [-0.05, 0) is 6.92 Å². The van der Waals surface area contributed by atoms with Gasteiger partial charge in [0.2, 0.25) is 0 Å². The van der Waals surface area contributed by atoms with Gasteiger partial charge in [0.05, 0.1) is 0 Å². The van der Waals surface area contributed by atoms with E-state index in [1.807, 2.05) is 0 Å². The molecule has 0 aromatic carbocycles. The normalized spacial score (nSPS) is 20.4. The predicted molar refractivity (Wildman–Crippen MR) is 28.2 cm³/mol. The Balaban J connectivity index is 2.66. The van der Waals surface area contributed by atoms with Crippen LogP contribution in [-0.2, 0) is 18.9 Å². The number of hydrogen-bond acceptors (Lipinski definition) is 4. The van der Waals surface area contributed by atoms with Gasteiger partial charge in [0.25, 0.3) is 0 Å². The monoisotopic (exact) mass is 146 g/mol. The molecule has 0 aromatic rings. The molecule has 0 atom stereocenters. The first-order chi connectivity index (χ1) is 4.61. The molecule has 1 rings (SSSR count). The highest BCUT2D eigenvalue weighted by atomic mass is 19.1. The summed E-state index contributed by atoms with van der Waals surface area (Å²) in [6.07, 6.45) is 0. The molecule has 1 fully saturated rings. The van der Waals surface area contributed by atoms with Crippen molar-refractivity contribution in [3.8, 4) is 0 Å². The average molecular weight is 146 g/mol. The highest BCUT2D eigenvalue weighted by Crippen LogP contribution is 2.11. The first-order valence-electron chi connectivity index (χ1n) is 2.66. The topological polar surface area (TPSA) is 52.6 Å². The molecule has 4 nitrogen and oxygen atoms in total. The van der Waals surface area contributed by atoms with Crippen LogP contribution >= 0.6 is 0 Å². The van der Waals surface area contributed by atoms with E-state index in [4.69, 9.17) is 0 Å². The van der Waals surface area contributed by atoms with Crippen molar-refractivity contribution in [2.24, 2.45) is 5.92 Å². The van der Waals surface area contributed by atoms with E-state index in [-0.39, 0.29) is 0 Å². The van der Waals surface area contributed by atoms with Gasteiger partial charge in [0.1, 0.15) is 5.92 Å². The predicted octanol–water partition coefficient (Wildman–Crippen LogP) is -0.323. The molecule has 54 valence electrons. The van der Waals surface area contributed by atoms with E-state index in [0.717, 1.165) is 0 Å². The van der Waals surface area contributed by atoms with E-state index in [2.05, 4.69) is 9.31 Å². The van der Waals surface area contributed by atoms with Gasteiger partial charge in [-0.3, -0.25) is 9.59 Å². The molecule has 0 saturated carbocycles. The minimum absolute atomic E-state index is 0.885. The molecule has 1 heterocycles. The lowest BCUT2D eigenvalue weighted by atomic mass is 10.1. The van der Waals surface area contributed by atoms with E-state index < -0.39 is 25.3 Å². The SMILES string of the molecule is CC1C(=O)OB(F)OC1=O. The van der Waals surface area contributed by atoms with Crippen LogP contribution in [0.1, 0.15) is 6.92 Å². The minimum Gasteiger partial charge on any atom is -0.469 e.